The van der Waals surface area contributed by atoms with E-state index in [0.717, 1.165) is 13.0 Å². The topological polar surface area (TPSA) is 73.1 Å². The highest BCUT2D eigenvalue weighted by molar-refractivity contribution is 6.05. The van der Waals surface area contributed by atoms with Crippen molar-refractivity contribution in [2.45, 2.75) is 26.8 Å². The quantitative estimate of drug-likeness (QED) is 0.860. The van der Waals surface area contributed by atoms with Crippen LogP contribution in [0, 0.1) is 5.92 Å². The van der Waals surface area contributed by atoms with Gasteiger partial charge in [0.2, 0.25) is 11.8 Å². The van der Waals surface area contributed by atoms with Gasteiger partial charge in [-0.1, -0.05) is 13.8 Å². The Labute approximate surface area is 128 Å². The number of hydrogen-bond acceptors (Lipinski definition) is 5. The number of amides is 1. The minimum absolute atomic E-state index is 0.114. The SMILES string of the molecule is CC(C)COc1ccc(C(=O)N2CCCn3ncnc32)cn1. The van der Waals surface area contributed by atoms with Crippen LogP contribution in [0.4, 0.5) is 5.95 Å². The van der Waals surface area contributed by atoms with E-state index >= 15 is 0 Å². The molecule has 7 heteroatoms. The van der Waals surface area contributed by atoms with Crippen molar-refractivity contribution in [1.29, 1.82) is 0 Å². The van der Waals surface area contributed by atoms with Gasteiger partial charge >= 0.3 is 0 Å². The fourth-order valence-electron chi connectivity index (χ4n) is 2.30. The molecule has 0 radical (unpaired) electrons. The number of anilines is 1. The number of pyridine rings is 1. The van der Waals surface area contributed by atoms with Crippen molar-refractivity contribution in [3.63, 3.8) is 0 Å². The van der Waals surface area contributed by atoms with Crippen molar-refractivity contribution in [2.75, 3.05) is 18.1 Å². The van der Waals surface area contributed by atoms with E-state index in [4.69, 9.17) is 4.74 Å². The summed E-state index contributed by atoms with van der Waals surface area (Å²) in [5.74, 6) is 1.45. The molecular weight excluding hydrogens is 282 g/mol. The Bertz CT molecular complexity index is 650. The number of aryl methyl sites for hydroxylation is 1. The molecule has 0 aliphatic carbocycles. The van der Waals surface area contributed by atoms with Crippen molar-refractivity contribution in [2.24, 2.45) is 5.92 Å². The third-order valence-corrected chi connectivity index (χ3v) is 3.38. The monoisotopic (exact) mass is 301 g/mol. The number of rotatable bonds is 4. The van der Waals surface area contributed by atoms with E-state index in [1.54, 1.807) is 27.9 Å². The van der Waals surface area contributed by atoms with Gasteiger partial charge in [-0.25, -0.2) is 9.67 Å². The minimum Gasteiger partial charge on any atom is -0.477 e. The Morgan fingerprint density at radius 1 is 1.32 bits per heavy atom. The van der Waals surface area contributed by atoms with Crippen LogP contribution >= 0.6 is 0 Å². The molecule has 22 heavy (non-hydrogen) atoms. The van der Waals surface area contributed by atoms with Crippen LogP contribution in [-0.2, 0) is 6.54 Å². The normalized spacial score (nSPS) is 14.0. The third-order valence-electron chi connectivity index (χ3n) is 3.38. The van der Waals surface area contributed by atoms with Gasteiger partial charge in [-0.05, 0) is 18.4 Å². The molecule has 0 unspecified atom stereocenters. The molecule has 0 fully saturated rings. The maximum atomic E-state index is 12.6. The van der Waals surface area contributed by atoms with Crippen molar-refractivity contribution >= 4 is 11.9 Å². The van der Waals surface area contributed by atoms with Gasteiger partial charge in [0, 0.05) is 25.4 Å². The lowest BCUT2D eigenvalue weighted by Gasteiger charge is -2.25. The number of hydrogen-bond donors (Lipinski definition) is 0. The molecule has 0 saturated carbocycles. The van der Waals surface area contributed by atoms with Gasteiger partial charge in [-0.3, -0.25) is 9.69 Å². The molecule has 0 bridgehead atoms. The molecule has 1 aliphatic rings. The van der Waals surface area contributed by atoms with Gasteiger partial charge in [0.1, 0.15) is 6.33 Å². The molecule has 0 spiro atoms. The molecule has 0 N–H and O–H groups in total. The lowest BCUT2D eigenvalue weighted by molar-refractivity contribution is 0.0980. The summed E-state index contributed by atoms with van der Waals surface area (Å²) in [7, 11) is 0. The van der Waals surface area contributed by atoms with Crippen molar-refractivity contribution < 1.29 is 9.53 Å². The van der Waals surface area contributed by atoms with Gasteiger partial charge in [0.05, 0.1) is 12.2 Å². The van der Waals surface area contributed by atoms with E-state index in [1.165, 1.54) is 6.33 Å². The minimum atomic E-state index is -0.114. The van der Waals surface area contributed by atoms with E-state index in [1.807, 2.05) is 0 Å². The highest BCUT2D eigenvalue weighted by Gasteiger charge is 2.25. The number of carbonyl (C=O) groups excluding carboxylic acids is 1. The van der Waals surface area contributed by atoms with Gasteiger partial charge in [0.25, 0.3) is 5.91 Å². The second-order valence-electron chi connectivity index (χ2n) is 5.68. The van der Waals surface area contributed by atoms with Gasteiger partial charge in [-0.2, -0.15) is 10.1 Å². The van der Waals surface area contributed by atoms with Gasteiger partial charge in [0.15, 0.2) is 0 Å². The summed E-state index contributed by atoms with van der Waals surface area (Å²) in [4.78, 5) is 22.6. The van der Waals surface area contributed by atoms with Crippen molar-refractivity contribution in [1.82, 2.24) is 19.7 Å². The lowest BCUT2D eigenvalue weighted by atomic mass is 10.2. The molecule has 7 nitrogen and oxygen atoms in total. The first-order valence-corrected chi connectivity index (χ1v) is 7.43. The number of aromatic nitrogens is 4. The second kappa shape index (κ2) is 6.13. The Balaban J connectivity index is 1.73. The highest BCUT2D eigenvalue weighted by Crippen LogP contribution is 2.19. The summed E-state index contributed by atoms with van der Waals surface area (Å²) < 4.78 is 7.27. The average Bonchev–Trinajstić information content (AvgIpc) is 3.01. The summed E-state index contributed by atoms with van der Waals surface area (Å²) in [5.41, 5.74) is 0.522. The molecular formula is C15H19N5O2. The van der Waals surface area contributed by atoms with Crippen LogP contribution in [-0.4, -0.2) is 38.8 Å². The number of fused-ring (bicyclic) bond motifs is 1. The molecule has 3 heterocycles. The number of nitrogens with zero attached hydrogens (tertiary/aromatic N) is 5. The van der Waals surface area contributed by atoms with Crippen LogP contribution in [0.15, 0.2) is 24.7 Å². The molecule has 2 aromatic rings. The first-order chi connectivity index (χ1) is 10.6. The Hall–Kier alpha value is -2.44. The first-order valence-electron chi connectivity index (χ1n) is 7.43. The molecule has 0 atom stereocenters. The van der Waals surface area contributed by atoms with E-state index in [-0.39, 0.29) is 5.91 Å². The van der Waals surface area contributed by atoms with Crippen LogP contribution in [0.2, 0.25) is 0 Å². The van der Waals surface area contributed by atoms with Crippen LogP contribution in [0.3, 0.4) is 0 Å². The Morgan fingerprint density at radius 3 is 2.91 bits per heavy atom. The molecule has 116 valence electrons. The summed E-state index contributed by atoms with van der Waals surface area (Å²) in [6.07, 6.45) is 3.89. The van der Waals surface area contributed by atoms with Crippen LogP contribution < -0.4 is 9.64 Å². The molecule has 0 aromatic carbocycles. The number of carbonyl (C=O) groups is 1. The van der Waals surface area contributed by atoms with Gasteiger partial charge in [-0.15, -0.1) is 0 Å². The van der Waals surface area contributed by atoms with E-state index in [2.05, 4.69) is 28.9 Å². The molecule has 1 amide bonds. The third kappa shape index (κ3) is 2.93. The first kappa shape index (κ1) is 14.5. The summed E-state index contributed by atoms with van der Waals surface area (Å²) in [6, 6.07) is 3.46. The highest BCUT2D eigenvalue weighted by atomic mass is 16.5. The zero-order chi connectivity index (χ0) is 15.5. The maximum absolute atomic E-state index is 12.6. The van der Waals surface area contributed by atoms with E-state index < -0.39 is 0 Å². The second-order valence-corrected chi connectivity index (χ2v) is 5.68. The van der Waals surface area contributed by atoms with Crippen molar-refractivity contribution in [3.05, 3.63) is 30.2 Å². The molecule has 0 saturated heterocycles. The largest absolute Gasteiger partial charge is 0.477 e. The Morgan fingerprint density at radius 2 is 2.18 bits per heavy atom. The average molecular weight is 301 g/mol. The number of ether oxygens (including phenoxy) is 1. The van der Waals surface area contributed by atoms with Crippen LogP contribution in [0.1, 0.15) is 30.6 Å². The van der Waals surface area contributed by atoms with Crippen molar-refractivity contribution in [3.8, 4) is 5.88 Å². The van der Waals surface area contributed by atoms with Crippen LogP contribution in [0.5, 0.6) is 5.88 Å². The molecule has 3 rings (SSSR count). The lowest BCUT2D eigenvalue weighted by Crippen LogP contribution is -2.38. The predicted octanol–water partition coefficient (Wildman–Crippen LogP) is 1.76. The van der Waals surface area contributed by atoms with E-state index in [9.17, 15) is 4.79 Å². The summed E-state index contributed by atoms with van der Waals surface area (Å²) >= 11 is 0. The van der Waals surface area contributed by atoms with Gasteiger partial charge < -0.3 is 4.74 Å². The van der Waals surface area contributed by atoms with E-state index in [0.29, 0.717) is 36.5 Å². The Kier molecular flexibility index (Phi) is 4.04. The summed E-state index contributed by atoms with van der Waals surface area (Å²) in [6.45, 7) is 6.19. The smallest absolute Gasteiger partial charge is 0.262 e. The molecule has 2 aromatic heterocycles. The zero-order valence-electron chi connectivity index (χ0n) is 12.8. The zero-order valence-corrected chi connectivity index (χ0v) is 12.8. The standard InChI is InChI=1S/C15H19N5O2/c1-11(2)9-22-13-5-4-12(8-16-13)14(21)19-6-3-7-20-15(19)17-10-18-20/h4-5,8,10-11H,3,6-7,9H2,1-2H3. The fourth-order valence-corrected chi connectivity index (χ4v) is 2.30. The maximum Gasteiger partial charge on any atom is 0.262 e. The fraction of sp³-hybridized carbons (Fsp3) is 0.467. The predicted molar refractivity (Wildman–Crippen MR) is 80.9 cm³/mol. The summed E-state index contributed by atoms with van der Waals surface area (Å²) in [5, 5.41) is 4.11. The molecule has 1 aliphatic heterocycles. The van der Waals surface area contributed by atoms with Crippen LogP contribution in [0.25, 0.3) is 0 Å².